The van der Waals surface area contributed by atoms with Gasteiger partial charge in [-0.15, -0.1) is 5.10 Å². The van der Waals surface area contributed by atoms with Crippen molar-refractivity contribution in [3.63, 3.8) is 0 Å². The predicted molar refractivity (Wildman–Crippen MR) is 119 cm³/mol. The van der Waals surface area contributed by atoms with Gasteiger partial charge in [0.05, 0.1) is 25.1 Å². The van der Waals surface area contributed by atoms with Crippen molar-refractivity contribution < 1.29 is 9.47 Å². The van der Waals surface area contributed by atoms with Gasteiger partial charge in [-0.25, -0.2) is 14.5 Å². The van der Waals surface area contributed by atoms with Crippen molar-refractivity contribution in [1.82, 2.24) is 29.9 Å². The Morgan fingerprint density at radius 2 is 2.03 bits per heavy atom. The van der Waals surface area contributed by atoms with Gasteiger partial charge in [0.15, 0.2) is 23.0 Å². The Balaban J connectivity index is 1.59. The molecule has 4 heterocycles. The minimum atomic E-state index is 0.0137. The average molecular weight is 427 g/mol. The van der Waals surface area contributed by atoms with Crippen LogP contribution < -0.4 is 25.4 Å². The van der Waals surface area contributed by atoms with Crippen molar-refractivity contribution in [2.24, 2.45) is 0 Å². The molecule has 3 N–H and O–H groups in total. The number of imidazole rings is 1. The standard InChI is InChI=1S/C21H30N8O2/c1-4-5-14(2)31-21-26-18(22)20-25-13-16(29(20)27-21)10-15-11-17(30-3)19(24-12-15)28-8-6-23-7-9-28/h11-14,23H,4-10H2,1-3H3,(H2,22,26,27). The minimum Gasteiger partial charge on any atom is -0.493 e. The summed E-state index contributed by atoms with van der Waals surface area (Å²) >= 11 is 0. The van der Waals surface area contributed by atoms with E-state index in [1.807, 2.05) is 19.2 Å². The van der Waals surface area contributed by atoms with Gasteiger partial charge < -0.3 is 25.4 Å². The van der Waals surface area contributed by atoms with Crippen LogP contribution in [0, 0.1) is 0 Å². The fourth-order valence-electron chi connectivity index (χ4n) is 3.79. The number of piperazine rings is 1. The Morgan fingerprint density at radius 1 is 1.23 bits per heavy atom. The van der Waals surface area contributed by atoms with Crippen molar-refractivity contribution in [2.45, 2.75) is 39.2 Å². The summed E-state index contributed by atoms with van der Waals surface area (Å²) in [5.41, 5.74) is 8.49. The van der Waals surface area contributed by atoms with Gasteiger partial charge in [-0.1, -0.05) is 13.3 Å². The molecule has 4 rings (SSSR count). The van der Waals surface area contributed by atoms with Crippen molar-refractivity contribution in [1.29, 1.82) is 0 Å². The van der Waals surface area contributed by atoms with Crippen LogP contribution in [0.2, 0.25) is 0 Å². The highest BCUT2D eigenvalue weighted by Crippen LogP contribution is 2.28. The normalized spacial score (nSPS) is 15.3. The first-order chi connectivity index (χ1) is 15.1. The Kier molecular flexibility index (Phi) is 6.36. The molecule has 1 saturated heterocycles. The van der Waals surface area contributed by atoms with Crippen LogP contribution in [-0.2, 0) is 6.42 Å². The Morgan fingerprint density at radius 3 is 2.77 bits per heavy atom. The molecule has 0 amide bonds. The summed E-state index contributed by atoms with van der Waals surface area (Å²) in [6.07, 6.45) is 6.17. The molecule has 10 heteroatoms. The van der Waals surface area contributed by atoms with E-state index in [2.05, 4.69) is 32.2 Å². The number of anilines is 2. The molecule has 31 heavy (non-hydrogen) atoms. The molecule has 0 bridgehead atoms. The zero-order valence-corrected chi connectivity index (χ0v) is 18.3. The second-order valence-electron chi connectivity index (χ2n) is 7.76. The van der Waals surface area contributed by atoms with Gasteiger partial charge in [-0.3, -0.25) is 0 Å². The number of nitrogens with one attached hydrogen (secondary N) is 1. The maximum atomic E-state index is 6.10. The van der Waals surface area contributed by atoms with Crippen LogP contribution in [0.1, 0.15) is 37.9 Å². The summed E-state index contributed by atoms with van der Waals surface area (Å²) in [5, 5.41) is 7.88. The Labute approximate surface area is 181 Å². The van der Waals surface area contributed by atoms with Gasteiger partial charge in [0.1, 0.15) is 0 Å². The summed E-state index contributed by atoms with van der Waals surface area (Å²) in [6.45, 7) is 7.81. The van der Waals surface area contributed by atoms with Crippen LogP contribution in [0.15, 0.2) is 18.5 Å². The summed E-state index contributed by atoms with van der Waals surface area (Å²) in [7, 11) is 1.68. The molecule has 166 valence electrons. The van der Waals surface area contributed by atoms with E-state index < -0.39 is 0 Å². The molecular formula is C21H30N8O2. The number of methoxy groups -OCH3 is 1. The van der Waals surface area contributed by atoms with Gasteiger partial charge in [0, 0.05) is 38.8 Å². The van der Waals surface area contributed by atoms with E-state index >= 15 is 0 Å². The van der Waals surface area contributed by atoms with Crippen molar-refractivity contribution in [3.8, 4) is 11.8 Å². The van der Waals surface area contributed by atoms with Crippen LogP contribution in [0.5, 0.6) is 11.8 Å². The summed E-state index contributed by atoms with van der Waals surface area (Å²) < 4.78 is 13.2. The van der Waals surface area contributed by atoms with Gasteiger partial charge >= 0.3 is 6.01 Å². The molecule has 0 aliphatic carbocycles. The first kappa shape index (κ1) is 21.1. The molecule has 3 aromatic rings. The van der Waals surface area contributed by atoms with Gasteiger partial charge in [0.2, 0.25) is 0 Å². The van der Waals surface area contributed by atoms with Crippen molar-refractivity contribution in [2.75, 3.05) is 43.9 Å². The SMILES string of the molecule is CCCC(C)Oc1nc(N)c2ncc(Cc3cnc(N4CCNCC4)c(OC)c3)n2n1. The number of ether oxygens (including phenoxy) is 2. The zero-order chi connectivity index (χ0) is 21.8. The van der Waals surface area contributed by atoms with Crippen LogP contribution in [0.3, 0.4) is 0 Å². The average Bonchev–Trinajstić information content (AvgIpc) is 3.17. The third-order valence-electron chi connectivity index (χ3n) is 5.35. The minimum absolute atomic E-state index is 0.0137. The quantitative estimate of drug-likeness (QED) is 0.555. The summed E-state index contributed by atoms with van der Waals surface area (Å²) in [6, 6.07) is 2.28. The zero-order valence-electron chi connectivity index (χ0n) is 18.3. The molecule has 0 radical (unpaired) electrons. The fourth-order valence-corrected chi connectivity index (χ4v) is 3.79. The van der Waals surface area contributed by atoms with Gasteiger partial charge in [-0.05, 0) is 25.0 Å². The smallest absolute Gasteiger partial charge is 0.336 e. The number of hydrogen-bond acceptors (Lipinski definition) is 9. The molecule has 0 aromatic carbocycles. The van der Waals surface area contributed by atoms with E-state index in [0.29, 0.717) is 17.9 Å². The van der Waals surface area contributed by atoms with E-state index in [4.69, 9.17) is 20.2 Å². The van der Waals surface area contributed by atoms with Crippen LogP contribution in [0.25, 0.3) is 5.65 Å². The molecule has 3 aromatic heterocycles. The van der Waals surface area contributed by atoms with E-state index in [9.17, 15) is 0 Å². The fraction of sp³-hybridized carbons (Fsp3) is 0.524. The highest BCUT2D eigenvalue weighted by molar-refractivity contribution is 5.60. The maximum Gasteiger partial charge on any atom is 0.336 e. The van der Waals surface area contributed by atoms with E-state index in [1.165, 1.54) is 0 Å². The molecular weight excluding hydrogens is 396 g/mol. The Bertz CT molecular complexity index is 1030. The van der Waals surface area contributed by atoms with Gasteiger partial charge in [0.25, 0.3) is 0 Å². The first-order valence-corrected chi connectivity index (χ1v) is 10.7. The number of hydrogen-bond donors (Lipinski definition) is 2. The summed E-state index contributed by atoms with van der Waals surface area (Å²) in [5.74, 6) is 1.93. The van der Waals surface area contributed by atoms with Crippen LogP contribution in [0.4, 0.5) is 11.6 Å². The lowest BCUT2D eigenvalue weighted by Gasteiger charge is -2.29. The van der Waals surface area contributed by atoms with Crippen LogP contribution >= 0.6 is 0 Å². The Hall–Kier alpha value is -3.14. The number of rotatable bonds is 8. The molecule has 1 aliphatic rings. The second-order valence-corrected chi connectivity index (χ2v) is 7.76. The topological polar surface area (TPSA) is 116 Å². The van der Waals surface area contributed by atoms with Crippen molar-refractivity contribution in [3.05, 3.63) is 29.7 Å². The molecule has 1 unspecified atom stereocenters. The first-order valence-electron chi connectivity index (χ1n) is 10.7. The highest BCUT2D eigenvalue weighted by Gasteiger charge is 2.18. The molecule has 0 saturated carbocycles. The third kappa shape index (κ3) is 4.63. The molecule has 1 aliphatic heterocycles. The van der Waals surface area contributed by atoms with E-state index in [-0.39, 0.29) is 12.1 Å². The largest absolute Gasteiger partial charge is 0.493 e. The number of aromatic nitrogens is 5. The monoisotopic (exact) mass is 426 g/mol. The lowest BCUT2D eigenvalue weighted by Crippen LogP contribution is -2.44. The number of nitrogens with two attached hydrogens (primary N) is 1. The molecule has 0 spiro atoms. The lowest BCUT2D eigenvalue weighted by atomic mass is 10.1. The third-order valence-corrected chi connectivity index (χ3v) is 5.35. The predicted octanol–water partition coefficient (Wildman–Crippen LogP) is 1.68. The lowest BCUT2D eigenvalue weighted by molar-refractivity contribution is 0.189. The number of pyridine rings is 1. The van der Waals surface area contributed by atoms with Crippen LogP contribution in [-0.4, -0.2) is 64.0 Å². The molecule has 10 nitrogen and oxygen atoms in total. The summed E-state index contributed by atoms with van der Waals surface area (Å²) in [4.78, 5) is 15.6. The van der Waals surface area contributed by atoms with Crippen molar-refractivity contribution >= 4 is 17.3 Å². The highest BCUT2D eigenvalue weighted by atomic mass is 16.5. The molecule has 1 fully saturated rings. The van der Waals surface area contributed by atoms with E-state index in [1.54, 1.807) is 17.8 Å². The molecule has 1 atom stereocenters. The number of nitrogen functional groups attached to an aromatic ring is 1. The number of nitrogens with zero attached hydrogens (tertiary/aromatic N) is 6. The second kappa shape index (κ2) is 9.34. The maximum absolute atomic E-state index is 6.10. The van der Waals surface area contributed by atoms with Gasteiger partial charge in [-0.2, -0.15) is 4.98 Å². The number of fused-ring (bicyclic) bond motifs is 1. The van der Waals surface area contributed by atoms with E-state index in [0.717, 1.165) is 61.8 Å².